The van der Waals surface area contributed by atoms with Crippen molar-refractivity contribution in [2.45, 2.75) is 13.1 Å². The van der Waals surface area contributed by atoms with Crippen molar-refractivity contribution >= 4 is 52.4 Å². The van der Waals surface area contributed by atoms with Crippen molar-refractivity contribution in [3.05, 3.63) is 70.9 Å². The Bertz CT molecular complexity index is 1390. The summed E-state index contributed by atoms with van der Waals surface area (Å²) in [5.41, 5.74) is -0.0643. The highest BCUT2D eigenvalue weighted by molar-refractivity contribution is 6.31. The predicted molar refractivity (Wildman–Crippen MR) is 125 cm³/mol. The Labute approximate surface area is 205 Å². The number of aryl methyl sites for hydroxylation is 1. The number of hydrogen-bond donors (Lipinski definition) is 5. The maximum absolute atomic E-state index is 13.1. The average molecular weight is 522 g/mol. The number of alkyl halides is 3. The molecule has 15 heteroatoms. The van der Waals surface area contributed by atoms with Gasteiger partial charge >= 0.3 is 12.2 Å². The molecule has 5 N–H and O–H groups in total. The van der Waals surface area contributed by atoms with Crippen molar-refractivity contribution in [1.29, 1.82) is 0 Å². The van der Waals surface area contributed by atoms with Crippen LogP contribution < -0.4 is 21.3 Å². The summed E-state index contributed by atoms with van der Waals surface area (Å²) in [4.78, 5) is 24.8. The summed E-state index contributed by atoms with van der Waals surface area (Å²) in [5, 5.41) is 15.9. The van der Waals surface area contributed by atoms with E-state index in [4.69, 9.17) is 11.6 Å². The Morgan fingerprint density at radius 1 is 0.944 bits per heavy atom. The van der Waals surface area contributed by atoms with Crippen LogP contribution in [0.5, 0.6) is 0 Å². The molecule has 0 fully saturated rings. The molecule has 0 unspecified atom stereocenters. The maximum atomic E-state index is 13.1. The van der Waals surface area contributed by atoms with Gasteiger partial charge in [-0.2, -0.15) is 27.6 Å². The van der Waals surface area contributed by atoms with Crippen LogP contribution in [0.15, 0.2) is 48.7 Å². The van der Waals surface area contributed by atoms with Gasteiger partial charge in [0.1, 0.15) is 11.6 Å². The molecule has 0 aliphatic heterocycles. The van der Waals surface area contributed by atoms with Gasteiger partial charge in [-0.1, -0.05) is 11.6 Å². The van der Waals surface area contributed by atoms with Gasteiger partial charge in [-0.25, -0.2) is 14.8 Å². The van der Waals surface area contributed by atoms with Crippen LogP contribution in [0, 0.1) is 12.9 Å². The van der Waals surface area contributed by atoms with Crippen LogP contribution in [-0.2, 0) is 6.18 Å². The third kappa shape index (κ3) is 6.35. The summed E-state index contributed by atoms with van der Waals surface area (Å²) in [7, 11) is 0. The number of amides is 2. The molecule has 0 spiro atoms. The van der Waals surface area contributed by atoms with E-state index in [2.05, 4.69) is 46.4 Å². The third-order valence-corrected chi connectivity index (χ3v) is 4.78. The van der Waals surface area contributed by atoms with Crippen molar-refractivity contribution in [3.63, 3.8) is 0 Å². The Morgan fingerprint density at radius 3 is 2.39 bits per heavy atom. The van der Waals surface area contributed by atoms with E-state index >= 15 is 0 Å². The quantitative estimate of drug-likeness (QED) is 0.201. The highest BCUT2D eigenvalue weighted by Gasteiger charge is 2.33. The smallest absolute Gasteiger partial charge is 0.323 e. The molecule has 2 amide bonds. The summed E-state index contributed by atoms with van der Waals surface area (Å²) < 4.78 is 52.1. The van der Waals surface area contributed by atoms with Gasteiger partial charge in [0, 0.05) is 23.5 Å². The SMILES string of the molecule is Cc1cc(Nc2cc(F)[nH]n2)nc(Nc2ccc(NC(=O)Nc3ccc(Cl)c(C(F)(F)F)c3)nc2)n1. The fraction of sp³-hybridized carbons (Fsp3) is 0.0952. The standard InChI is InChI=1S/C21H16ClF4N9O/c1-10-6-17(31-18-8-15(23)34-35-18)32-19(28-10)29-12-3-5-16(27-9-12)33-20(36)30-11-2-4-14(22)13(7-11)21(24,25)26/h2-9H,1H3,(H2,27,30,33,36)(H3,28,29,31,32,34,35). The van der Waals surface area contributed by atoms with Crippen molar-refractivity contribution in [2.24, 2.45) is 0 Å². The molecule has 4 aromatic rings. The first kappa shape index (κ1) is 24.7. The van der Waals surface area contributed by atoms with E-state index in [-0.39, 0.29) is 23.3 Å². The van der Waals surface area contributed by atoms with Gasteiger partial charge in [-0.05, 0) is 37.3 Å². The second kappa shape index (κ2) is 10.0. The van der Waals surface area contributed by atoms with Gasteiger partial charge in [-0.15, -0.1) is 0 Å². The summed E-state index contributed by atoms with van der Waals surface area (Å²) in [6.45, 7) is 1.74. The second-order valence-electron chi connectivity index (χ2n) is 7.27. The number of urea groups is 1. The molecule has 3 heterocycles. The number of halogens is 5. The lowest BCUT2D eigenvalue weighted by Gasteiger charge is -2.12. The van der Waals surface area contributed by atoms with Crippen LogP contribution >= 0.6 is 11.6 Å². The fourth-order valence-electron chi connectivity index (χ4n) is 2.95. The lowest BCUT2D eigenvalue weighted by atomic mass is 10.2. The number of nitrogens with zero attached hydrogens (tertiary/aromatic N) is 4. The minimum atomic E-state index is -4.66. The van der Waals surface area contributed by atoms with Gasteiger partial charge in [0.2, 0.25) is 11.9 Å². The zero-order valence-corrected chi connectivity index (χ0v) is 19.0. The molecule has 186 valence electrons. The highest BCUT2D eigenvalue weighted by atomic mass is 35.5. The third-order valence-electron chi connectivity index (χ3n) is 4.45. The molecule has 0 atom stereocenters. The molecule has 0 radical (unpaired) electrons. The molecule has 0 aliphatic rings. The molecular weight excluding hydrogens is 506 g/mol. The van der Waals surface area contributed by atoms with Crippen LogP contribution in [0.25, 0.3) is 0 Å². The summed E-state index contributed by atoms with van der Waals surface area (Å²) >= 11 is 5.58. The second-order valence-corrected chi connectivity index (χ2v) is 7.68. The fourth-order valence-corrected chi connectivity index (χ4v) is 3.18. The number of rotatable bonds is 6. The van der Waals surface area contributed by atoms with Crippen molar-refractivity contribution < 1.29 is 22.4 Å². The average Bonchev–Trinajstić information content (AvgIpc) is 3.19. The number of benzene rings is 1. The molecule has 1 aromatic carbocycles. The maximum Gasteiger partial charge on any atom is 0.417 e. The van der Waals surface area contributed by atoms with Crippen LogP contribution in [0.2, 0.25) is 5.02 Å². The summed E-state index contributed by atoms with van der Waals surface area (Å²) in [5.74, 6) is 0.359. The molecule has 0 saturated heterocycles. The number of H-pyrrole nitrogens is 1. The monoisotopic (exact) mass is 521 g/mol. The molecule has 36 heavy (non-hydrogen) atoms. The van der Waals surface area contributed by atoms with Crippen LogP contribution in [-0.4, -0.2) is 31.2 Å². The Hall–Kier alpha value is -4.46. The number of anilines is 6. The van der Waals surface area contributed by atoms with Crippen molar-refractivity contribution in [3.8, 4) is 0 Å². The number of aromatic nitrogens is 5. The van der Waals surface area contributed by atoms with Crippen molar-refractivity contribution in [2.75, 3.05) is 21.3 Å². The molecule has 0 bridgehead atoms. The van der Waals surface area contributed by atoms with E-state index in [9.17, 15) is 22.4 Å². The number of aromatic amines is 1. The molecule has 3 aromatic heterocycles. The number of hydrogen-bond acceptors (Lipinski definition) is 7. The van der Waals surface area contributed by atoms with Crippen molar-refractivity contribution in [1.82, 2.24) is 25.1 Å². The lowest BCUT2D eigenvalue weighted by molar-refractivity contribution is -0.137. The Balaban J connectivity index is 1.38. The molecule has 0 saturated carbocycles. The van der Waals surface area contributed by atoms with Crippen LogP contribution in [0.1, 0.15) is 11.3 Å². The van der Waals surface area contributed by atoms with Crippen LogP contribution in [0.4, 0.5) is 57.1 Å². The largest absolute Gasteiger partial charge is 0.417 e. The van der Waals surface area contributed by atoms with E-state index < -0.39 is 28.7 Å². The van der Waals surface area contributed by atoms with Gasteiger partial charge in [0.25, 0.3) is 0 Å². The molecular formula is C21H16ClF4N9O. The van der Waals surface area contributed by atoms with E-state index in [1.807, 2.05) is 0 Å². The van der Waals surface area contributed by atoms with E-state index in [1.54, 1.807) is 19.1 Å². The molecule has 0 aliphatic carbocycles. The van der Waals surface area contributed by atoms with Crippen LogP contribution in [0.3, 0.4) is 0 Å². The first-order chi connectivity index (χ1) is 17.0. The van der Waals surface area contributed by atoms with E-state index in [1.165, 1.54) is 24.4 Å². The lowest BCUT2D eigenvalue weighted by Crippen LogP contribution is -2.20. The minimum absolute atomic E-state index is 0.0962. The zero-order valence-electron chi connectivity index (χ0n) is 18.2. The zero-order chi connectivity index (χ0) is 25.9. The predicted octanol–water partition coefficient (Wildman–Crippen LogP) is 5.85. The Morgan fingerprint density at radius 2 is 1.72 bits per heavy atom. The number of pyridine rings is 1. The van der Waals surface area contributed by atoms with Gasteiger partial charge in [0.05, 0.1) is 22.5 Å². The minimum Gasteiger partial charge on any atom is -0.323 e. The summed E-state index contributed by atoms with van der Waals surface area (Å²) in [6.07, 6.45) is -3.27. The van der Waals surface area contributed by atoms with Gasteiger partial charge < -0.3 is 16.0 Å². The highest BCUT2D eigenvalue weighted by Crippen LogP contribution is 2.36. The Kier molecular flexibility index (Phi) is 6.87. The summed E-state index contributed by atoms with van der Waals surface area (Å²) in [6, 6.07) is 8.06. The van der Waals surface area contributed by atoms with Gasteiger partial charge in [0.15, 0.2) is 5.82 Å². The number of nitrogens with one attached hydrogen (secondary N) is 5. The van der Waals surface area contributed by atoms with E-state index in [0.717, 1.165) is 12.1 Å². The molecule has 4 rings (SSSR count). The first-order valence-corrected chi connectivity index (χ1v) is 10.4. The first-order valence-electron chi connectivity index (χ1n) is 10.1. The number of carbonyl (C=O) groups is 1. The normalized spacial score (nSPS) is 11.2. The van der Waals surface area contributed by atoms with E-state index in [0.29, 0.717) is 17.2 Å². The molecule has 10 nitrogen and oxygen atoms in total. The number of carbonyl (C=O) groups excluding carboxylic acids is 1. The topological polar surface area (TPSA) is 133 Å². The van der Waals surface area contributed by atoms with Gasteiger partial charge in [-0.3, -0.25) is 10.4 Å².